The van der Waals surface area contributed by atoms with E-state index in [0.717, 1.165) is 16.8 Å². The Morgan fingerprint density at radius 1 is 1.32 bits per heavy atom. The van der Waals surface area contributed by atoms with Crippen molar-refractivity contribution in [1.29, 1.82) is 0 Å². The smallest absolute Gasteiger partial charge is 0.354 e. The van der Waals surface area contributed by atoms with E-state index in [-0.39, 0.29) is 11.4 Å². The fourth-order valence-corrected chi connectivity index (χ4v) is 1.65. The first-order chi connectivity index (χ1) is 8.91. The first kappa shape index (κ1) is 12.4. The number of nitrogens with zero attached hydrogens (tertiary/aromatic N) is 2. The zero-order valence-corrected chi connectivity index (χ0v) is 9.23. The van der Waals surface area contributed by atoms with E-state index in [2.05, 4.69) is 4.98 Å². The van der Waals surface area contributed by atoms with Crippen molar-refractivity contribution >= 4 is 17.6 Å². The fourth-order valence-electron chi connectivity index (χ4n) is 1.65. The Morgan fingerprint density at radius 2 is 2.00 bits per heavy atom. The molecule has 0 unspecified atom stereocenters. The number of carbonyl (C=O) groups is 2. The Bertz CT molecular complexity index is 683. The van der Waals surface area contributed by atoms with E-state index in [1.165, 1.54) is 12.3 Å². The number of rotatable bonds is 4. The molecule has 0 aliphatic carbocycles. The van der Waals surface area contributed by atoms with Crippen molar-refractivity contribution in [3.8, 4) is 5.69 Å². The van der Waals surface area contributed by atoms with Crippen LogP contribution >= 0.6 is 0 Å². The Labute approximate surface area is 104 Å². The van der Waals surface area contributed by atoms with Crippen LogP contribution in [-0.4, -0.2) is 36.6 Å². The molecule has 0 bridgehead atoms. The summed E-state index contributed by atoms with van der Waals surface area (Å²) in [4.78, 5) is 34.3. The van der Waals surface area contributed by atoms with Gasteiger partial charge in [-0.3, -0.25) is 10.1 Å². The summed E-state index contributed by atoms with van der Waals surface area (Å²) in [7, 11) is 0. The third kappa shape index (κ3) is 2.04. The summed E-state index contributed by atoms with van der Waals surface area (Å²) in [5, 5.41) is 28.6. The summed E-state index contributed by atoms with van der Waals surface area (Å²) in [5.74, 6) is -2.70. The first-order valence-corrected chi connectivity index (χ1v) is 4.93. The van der Waals surface area contributed by atoms with Gasteiger partial charge in [0.25, 0.3) is 5.69 Å². The molecule has 0 saturated heterocycles. The van der Waals surface area contributed by atoms with Gasteiger partial charge in [-0.25, -0.2) is 9.59 Å². The Balaban J connectivity index is 2.67. The van der Waals surface area contributed by atoms with Gasteiger partial charge in [-0.15, -0.1) is 0 Å². The number of aromatic carboxylic acids is 2. The van der Waals surface area contributed by atoms with E-state index in [1.807, 2.05) is 0 Å². The first-order valence-electron chi connectivity index (χ1n) is 4.93. The maximum atomic E-state index is 11.0. The van der Waals surface area contributed by atoms with Gasteiger partial charge in [0.1, 0.15) is 11.4 Å². The van der Waals surface area contributed by atoms with Gasteiger partial charge < -0.3 is 19.8 Å². The van der Waals surface area contributed by atoms with E-state index < -0.39 is 28.2 Å². The summed E-state index contributed by atoms with van der Waals surface area (Å²) in [6.07, 6.45) is 2.26. The summed E-state index contributed by atoms with van der Waals surface area (Å²) < 4.78 is 0.945. The lowest BCUT2D eigenvalue weighted by Gasteiger charge is -2.04. The fraction of sp³-hybridized carbons (Fsp3) is 0. The molecular weight excluding hydrogens is 258 g/mol. The van der Waals surface area contributed by atoms with E-state index >= 15 is 0 Å². The van der Waals surface area contributed by atoms with E-state index in [4.69, 9.17) is 10.2 Å². The van der Waals surface area contributed by atoms with Gasteiger partial charge >= 0.3 is 11.9 Å². The molecular formula is C10H7N3O6. The van der Waals surface area contributed by atoms with E-state index in [9.17, 15) is 19.7 Å². The third-order valence-corrected chi connectivity index (χ3v) is 2.43. The van der Waals surface area contributed by atoms with Crippen molar-refractivity contribution in [2.24, 2.45) is 0 Å². The van der Waals surface area contributed by atoms with Crippen molar-refractivity contribution in [1.82, 2.24) is 9.55 Å². The summed E-state index contributed by atoms with van der Waals surface area (Å²) in [6.45, 7) is 0. The number of hydrogen-bond donors (Lipinski definition) is 3. The van der Waals surface area contributed by atoms with Crippen molar-refractivity contribution in [2.75, 3.05) is 0 Å². The molecule has 0 aliphatic rings. The highest BCUT2D eigenvalue weighted by Gasteiger charge is 2.23. The molecule has 2 rings (SSSR count). The minimum Gasteiger partial charge on any atom is -0.477 e. The molecule has 98 valence electrons. The molecule has 2 heterocycles. The van der Waals surface area contributed by atoms with Gasteiger partial charge in [0, 0.05) is 12.3 Å². The molecule has 0 spiro atoms. The highest BCUT2D eigenvalue weighted by atomic mass is 16.6. The second kappa shape index (κ2) is 4.29. The number of nitro groups is 1. The van der Waals surface area contributed by atoms with Gasteiger partial charge in [-0.1, -0.05) is 0 Å². The van der Waals surface area contributed by atoms with Crippen molar-refractivity contribution in [3.63, 3.8) is 0 Å². The predicted molar refractivity (Wildman–Crippen MR) is 60.7 cm³/mol. The average molecular weight is 265 g/mol. The molecule has 0 fully saturated rings. The third-order valence-electron chi connectivity index (χ3n) is 2.43. The minimum absolute atomic E-state index is 0.0120. The van der Waals surface area contributed by atoms with Crippen LogP contribution < -0.4 is 0 Å². The largest absolute Gasteiger partial charge is 0.477 e. The zero-order valence-electron chi connectivity index (χ0n) is 9.23. The number of carboxylic acid groups (broad SMARTS) is 2. The molecule has 0 aromatic carbocycles. The predicted octanol–water partition coefficient (Wildman–Crippen LogP) is 1.11. The van der Waals surface area contributed by atoms with Crippen LogP contribution in [0.2, 0.25) is 0 Å². The molecule has 0 aliphatic heterocycles. The standard InChI is InChI=1S/C10H7N3O6/c14-9(15)7-3-5(13(18)19)4-12(7)6-1-2-11-8(6)10(16)17/h1-4,11H,(H,14,15)(H,16,17). The number of aromatic amines is 1. The molecule has 2 aromatic rings. The van der Waals surface area contributed by atoms with Crippen LogP contribution in [0.15, 0.2) is 24.5 Å². The molecule has 0 radical (unpaired) electrons. The molecule has 9 heteroatoms. The quantitative estimate of drug-likeness (QED) is 0.559. The molecule has 0 atom stereocenters. The highest BCUT2D eigenvalue weighted by Crippen LogP contribution is 2.23. The second-order valence-corrected chi connectivity index (χ2v) is 3.56. The minimum atomic E-state index is -1.40. The van der Waals surface area contributed by atoms with Crippen LogP contribution in [0.4, 0.5) is 5.69 Å². The van der Waals surface area contributed by atoms with Gasteiger partial charge in [0.15, 0.2) is 0 Å². The van der Waals surface area contributed by atoms with Crippen LogP contribution in [0.3, 0.4) is 0 Å². The maximum absolute atomic E-state index is 11.0. The van der Waals surface area contributed by atoms with Crippen molar-refractivity contribution < 1.29 is 24.7 Å². The monoisotopic (exact) mass is 265 g/mol. The van der Waals surface area contributed by atoms with Crippen LogP contribution in [0.1, 0.15) is 21.0 Å². The van der Waals surface area contributed by atoms with Gasteiger partial charge in [-0.2, -0.15) is 0 Å². The lowest BCUT2D eigenvalue weighted by Crippen LogP contribution is -2.09. The second-order valence-electron chi connectivity index (χ2n) is 3.56. The zero-order chi connectivity index (χ0) is 14.2. The Morgan fingerprint density at radius 3 is 2.53 bits per heavy atom. The normalized spacial score (nSPS) is 10.3. The molecule has 19 heavy (non-hydrogen) atoms. The summed E-state index contributed by atoms with van der Waals surface area (Å²) in [5.41, 5.74) is -1.07. The molecule has 0 saturated carbocycles. The van der Waals surface area contributed by atoms with E-state index in [1.54, 1.807) is 0 Å². The van der Waals surface area contributed by atoms with Gasteiger partial charge in [0.05, 0.1) is 16.8 Å². The Kier molecular flexibility index (Phi) is 2.79. The van der Waals surface area contributed by atoms with Crippen molar-refractivity contribution in [2.45, 2.75) is 0 Å². The highest BCUT2D eigenvalue weighted by molar-refractivity contribution is 5.92. The molecule has 9 nitrogen and oxygen atoms in total. The summed E-state index contributed by atoms with van der Waals surface area (Å²) in [6, 6.07) is 2.18. The molecule has 2 aromatic heterocycles. The molecule has 3 N–H and O–H groups in total. The lowest BCUT2D eigenvalue weighted by molar-refractivity contribution is -0.384. The number of carboxylic acids is 2. The van der Waals surface area contributed by atoms with Crippen LogP contribution in [-0.2, 0) is 0 Å². The van der Waals surface area contributed by atoms with Crippen LogP contribution in [0.5, 0.6) is 0 Å². The topological polar surface area (TPSA) is 138 Å². The number of nitrogens with one attached hydrogen (secondary N) is 1. The van der Waals surface area contributed by atoms with Gasteiger partial charge in [0.2, 0.25) is 0 Å². The molecule has 0 amide bonds. The lowest BCUT2D eigenvalue weighted by atomic mass is 10.3. The summed E-state index contributed by atoms with van der Waals surface area (Å²) >= 11 is 0. The van der Waals surface area contributed by atoms with Gasteiger partial charge in [-0.05, 0) is 6.07 Å². The number of H-pyrrole nitrogens is 1. The van der Waals surface area contributed by atoms with E-state index in [0.29, 0.717) is 0 Å². The van der Waals surface area contributed by atoms with Crippen molar-refractivity contribution in [3.05, 3.63) is 46.0 Å². The van der Waals surface area contributed by atoms with Crippen LogP contribution in [0.25, 0.3) is 5.69 Å². The Hall–Kier alpha value is -3.10. The number of aromatic nitrogens is 2. The maximum Gasteiger partial charge on any atom is 0.354 e. The van der Waals surface area contributed by atoms with Crippen LogP contribution in [0, 0.1) is 10.1 Å². The number of hydrogen-bond acceptors (Lipinski definition) is 4. The average Bonchev–Trinajstić information content (AvgIpc) is 2.95. The SMILES string of the molecule is O=C(O)c1[nH]ccc1-n1cc([N+](=O)[O-])cc1C(=O)O.